The van der Waals surface area contributed by atoms with Crippen LogP contribution in [0.1, 0.15) is 0 Å². The van der Waals surface area contributed by atoms with Gasteiger partial charge in [0, 0.05) is 62.2 Å². The van der Waals surface area contributed by atoms with E-state index in [9.17, 15) is 4.79 Å². The molecule has 1 aromatic carbocycles. The van der Waals surface area contributed by atoms with Gasteiger partial charge in [-0.05, 0) is 65.6 Å². The molecule has 1 aliphatic rings. The zero-order valence-corrected chi connectivity index (χ0v) is 21.2. The number of pyridine rings is 1. The molecule has 2 aromatic heterocycles. The van der Waals surface area contributed by atoms with Crippen molar-refractivity contribution in [3.63, 3.8) is 0 Å². The number of anilines is 5. The van der Waals surface area contributed by atoms with E-state index in [2.05, 4.69) is 65.5 Å². The molecular weight excluding hydrogens is 502 g/mol. The van der Waals surface area contributed by atoms with Gasteiger partial charge in [0.2, 0.25) is 5.95 Å². The summed E-state index contributed by atoms with van der Waals surface area (Å²) in [7, 11) is 2.16. The van der Waals surface area contributed by atoms with Crippen molar-refractivity contribution in [2.45, 2.75) is 6.54 Å². The fourth-order valence-electron chi connectivity index (χ4n) is 3.59. The Kier molecular flexibility index (Phi) is 7.89. The van der Waals surface area contributed by atoms with Crippen LogP contribution >= 0.6 is 27.7 Å². The summed E-state index contributed by atoms with van der Waals surface area (Å²) in [4.78, 5) is 26.4. The van der Waals surface area contributed by atoms with E-state index in [0.29, 0.717) is 28.5 Å². The molecule has 2 N–H and O–H groups in total. The lowest BCUT2D eigenvalue weighted by Crippen LogP contribution is -2.44. The molecule has 1 saturated heterocycles. The zero-order chi connectivity index (χ0) is 23.2. The highest BCUT2D eigenvalue weighted by atomic mass is 79.9. The summed E-state index contributed by atoms with van der Waals surface area (Å²) < 4.78 is 2.38. The fraction of sp³-hybridized carbons (Fsp3) is 0.348. The zero-order valence-electron chi connectivity index (χ0n) is 18.8. The quantitative estimate of drug-likeness (QED) is 0.453. The number of nitrogens with zero attached hydrogens (tertiary/aromatic N) is 5. The van der Waals surface area contributed by atoms with Gasteiger partial charge in [-0.15, -0.1) is 0 Å². The SMILES string of the molecule is CSCCn1cccc(Nc2nc(Nc3ccc(N4CCN(C)CC4)cc3)ncc2Br)c1=O. The van der Waals surface area contributed by atoms with Crippen LogP contribution in [0.15, 0.2) is 58.1 Å². The van der Waals surface area contributed by atoms with Gasteiger partial charge in [0.15, 0.2) is 5.82 Å². The lowest BCUT2D eigenvalue weighted by Gasteiger charge is -2.34. The van der Waals surface area contributed by atoms with Crippen LogP contribution in [0.2, 0.25) is 0 Å². The number of likely N-dealkylation sites (N-methyl/N-ethyl adjacent to an activating group) is 1. The van der Waals surface area contributed by atoms with Crippen molar-refractivity contribution >= 4 is 56.5 Å². The van der Waals surface area contributed by atoms with Crippen LogP contribution in [-0.4, -0.2) is 64.7 Å². The highest BCUT2D eigenvalue weighted by molar-refractivity contribution is 9.10. The Morgan fingerprint density at radius 2 is 1.85 bits per heavy atom. The first-order valence-electron chi connectivity index (χ1n) is 10.8. The van der Waals surface area contributed by atoms with Gasteiger partial charge < -0.3 is 25.0 Å². The molecule has 0 saturated carbocycles. The van der Waals surface area contributed by atoms with Gasteiger partial charge in [-0.1, -0.05) is 0 Å². The average Bonchev–Trinajstić information content (AvgIpc) is 2.83. The van der Waals surface area contributed by atoms with E-state index >= 15 is 0 Å². The molecule has 0 amide bonds. The molecule has 3 aromatic rings. The monoisotopic (exact) mass is 529 g/mol. The summed E-state index contributed by atoms with van der Waals surface area (Å²) in [6, 6.07) is 11.9. The highest BCUT2D eigenvalue weighted by Crippen LogP contribution is 2.25. The van der Waals surface area contributed by atoms with Crippen LogP contribution in [0.5, 0.6) is 0 Å². The number of rotatable bonds is 8. The standard InChI is InChI=1S/C23H28BrN7OS/c1-29-10-12-30(13-11-29)18-7-5-17(6-8-18)26-23-25-16-19(24)21(28-23)27-20-4-3-9-31(22(20)32)14-15-33-2/h3-9,16H,10-15H2,1-2H3,(H2,25,26,27,28). The molecule has 0 aliphatic carbocycles. The van der Waals surface area contributed by atoms with E-state index in [4.69, 9.17) is 0 Å². The lowest BCUT2D eigenvalue weighted by molar-refractivity contribution is 0.313. The Morgan fingerprint density at radius 1 is 1.09 bits per heavy atom. The number of aryl methyl sites for hydroxylation is 1. The second-order valence-corrected chi connectivity index (χ2v) is 9.73. The Hall–Kier alpha value is -2.56. The van der Waals surface area contributed by atoms with Crippen molar-refractivity contribution in [2.75, 3.05) is 60.8 Å². The van der Waals surface area contributed by atoms with Crippen LogP contribution in [0.3, 0.4) is 0 Å². The van der Waals surface area contributed by atoms with Crippen molar-refractivity contribution in [1.29, 1.82) is 0 Å². The van der Waals surface area contributed by atoms with Crippen LogP contribution in [0, 0.1) is 0 Å². The summed E-state index contributed by atoms with van der Waals surface area (Å²) in [6.07, 6.45) is 5.50. The molecule has 4 rings (SSSR count). The molecular formula is C23H28BrN7OS. The minimum atomic E-state index is -0.0777. The van der Waals surface area contributed by atoms with Crippen LogP contribution in [0.25, 0.3) is 0 Å². The Morgan fingerprint density at radius 3 is 2.58 bits per heavy atom. The van der Waals surface area contributed by atoms with Gasteiger partial charge in [-0.3, -0.25) is 4.79 Å². The average molecular weight is 530 g/mol. The molecule has 0 bridgehead atoms. The minimum absolute atomic E-state index is 0.0777. The summed E-state index contributed by atoms with van der Waals surface area (Å²) in [5.74, 6) is 1.86. The Balaban J connectivity index is 1.46. The summed E-state index contributed by atoms with van der Waals surface area (Å²) in [5.41, 5.74) is 2.52. The third-order valence-electron chi connectivity index (χ3n) is 5.55. The number of aromatic nitrogens is 3. The minimum Gasteiger partial charge on any atom is -0.369 e. The van der Waals surface area contributed by atoms with Gasteiger partial charge >= 0.3 is 0 Å². The van der Waals surface area contributed by atoms with Gasteiger partial charge in [0.05, 0.1) is 4.47 Å². The molecule has 1 fully saturated rings. The normalized spacial score (nSPS) is 14.3. The van der Waals surface area contributed by atoms with E-state index in [1.807, 2.05) is 24.5 Å². The molecule has 0 radical (unpaired) electrons. The number of halogens is 1. The topological polar surface area (TPSA) is 78.3 Å². The predicted octanol–water partition coefficient (Wildman–Crippen LogP) is 4.00. The summed E-state index contributed by atoms with van der Waals surface area (Å²) in [5, 5.41) is 6.40. The first-order valence-corrected chi connectivity index (χ1v) is 13.0. The smallest absolute Gasteiger partial charge is 0.274 e. The van der Waals surface area contributed by atoms with Crippen LogP contribution in [-0.2, 0) is 6.54 Å². The van der Waals surface area contributed by atoms with Crippen LogP contribution < -0.4 is 21.1 Å². The fourth-order valence-corrected chi connectivity index (χ4v) is 4.26. The number of benzene rings is 1. The number of piperazine rings is 1. The van der Waals surface area contributed by atoms with E-state index in [-0.39, 0.29) is 5.56 Å². The van der Waals surface area contributed by atoms with Crippen molar-refractivity contribution in [3.8, 4) is 0 Å². The molecule has 8 nitrogen and oxygen atoms in total. The third-order valence-corrected chi connectivity index (χ3v) is 6.72. The van der Waals surface area contributed by atoms with E-state index in [1.54, 1.807) is 34.8 Å². The first kappa shape index (κ1) is 23.6. The Labute approximate surface area is 206 Å². The van der Waals surface area contributed by atoms with Crippen molar-refractivity contribution in [3.05, 3.63) is 63.6 Å². The Bertz CT molecular complexity index is 1130. The van der Waals surface area contributed by atoms with Crippen molar-refractivity contribution in [1.82, 2.24) is 19.4 Å². The molecule has 0 atom stereocenters. The summed E-state index contributed by atoms with van der Waals surface area (Å²) in [6.45, 7) is 4.88. The van der Waals surface area contributed by atoms with E-state index in [0.717, 1.165) is 37.6 Å². The lowest BCUT2D eigenvalue weighted by atomic mass is 10.2. The molecule has 1 aliphatic heterocycles. The van der Waals surface area contributed by atoms with Gasteiger partial charge in [0.25, 0.3) is 5.56 Å². The number of thioether (sulfide) groups is 1. The molecule has 0 unspecified atom stereocenters. The predicted molar refractivity (Wildman–Crippen MR) is 142 cm³/mol. The second-order valence-electron chi connectivity index (χ2n) is 7.89. The highest BCUT2D eigenvalue weighted by Gasteiger charge is 2.14. The molecule has 0 spiro atoms. The maximum atomic E-state index is 12.8. The van der Waals surface area contributed by atoms with Crippen LogP contribution in [0.4, 0.5) is 28.8 Å². The number of hydrogen-bond acceptors (Lipinski definition) is 8. The van der Waals surface area contributed by atoms with E-state index < -0.39 is 0 Å². The molecule has 174 valence electrons. The molecule has 3 heterocycles. The first-order chi connectivity index (χ1) is 16.0. The second kappa shape index (κ2) is 11.0. The third kappa shape index (κ3) is 6.07. The maximum absolute atomic E-state index is 12.8. The van der Waals surface area contributed by atoms with Crippen molar-refractivity contribution < 1.29 is 0 Å². The largest absolute Gasteiger partial charge is 0.369 e. The number of hydrogen-bond donors (Lipinski definition) is 2. The van der Waals surface area contributed by atoms with Gasteiger partial charge in [0.1, 0.15) is 5.69 Å². The van der Waals surface area contributed by atoms with E-state index in [1.165, 1.54) is 5.69 Å². The van der Waals surface area contributed by atoms with Gasteiger partial charge in [-0.2, -0.15) is 16.7 Å². The maximum Gasteiger partial charge on any atom is 0.274 e. The number of nitrogens with one attached hydrogen (secondary N) is 2. The molecule has 10 heteroatoms. The molecule has 33 heavy (non-hydrogen) atoms. The van der Waals surface area contributed by atoms with Gasteiger partial charge in [-0.25, -0.2) is 4.98 Å². The summed E-state index contributed by atoms with van der Waals surface area (Å²) >= 11 is 5.19. The van der Waals surface area contributed by atoms with Crippen molar-refractivity contribution in [2.24, 2.45) is 0 Å².